The van der Waals surface area contributed by atoms with E-state index < -0.39 is 0 Å². The molecule has 1 saturated heterocycles. The van der Waals surface area contributed by atoms with Gasteiger partial charge in [0.15, 0.2) is 0 Å². The van der Waals surface area contributed by atoms with Crippen molar-refractivity contribution in [3.63, 3.8) is 0 Å². The molecule has 1 fully saturated rings. The maximum atomic E-state index is 12.4. The fourth-order valence-electron chi connectivity index (χ4n) is 2.72. The number of nitrogens with one attached hydrogen (secondary N) is 1. The van der Waals surface area contributed by atoms with Gasteiger partial charge in [-0.1, -0.05) is 5.16 Å². The van der Waals surface area contributed by atoms with E-state index in [1.165, 1.54) is 6.42 Å². The lowest BCUT2D eigenvalue weighted by Crippen LogP contribution is -2.39. The quantitative estimate of drug-likeness (QED) is 0.926. The third-order valence-electron chi connectivity index (χ3n) is 3.95. The van der Waals surface area contributed by atoms with Gasteiger partial charge in [0.05, 0.1) is 5.69 Å². The summed E-state index contributed by atoms with van der Waals surface area (Å²) in [6.45, 7) is 6.37. The number of carbonyl (C=O) groups excluding carboxylic acids is 1. The lowest BCUT2D eigenvalue weighted by atomic mass is 9.93. The fraction of sp³-hybridized carbons (Fsp3) is 0.714. The van der Waals surface area contributed by atoms with Gasteiger partial charge in [0.1, 0.15) is 11.3 Å². The lowest BCUT2D eigenvalue weighted by Gasteiger charge is -2.32. The van der Waals surface area contributed by atoms with Gasteiger partial charge in [-0.25, -0.2) is 0 Å². The standard InChI is InChI=1S/C14H23N3O2.ClH/c1-10-13(11(2)19-16-10)14(18)17-8-5-12(6-9-17)4-7-15-3;/h12,15H,4-9H2,1-3H3;1H. The molecule has 1 aromatic heterocycles. The molecule has 5 nitrogen and oxygen atoms in total. The topological polar surface area (TPSA) is 58.4 Å². The maximum Gasteiger partial charge on any atom is 0.259 e. The molecule has 0 atom stereocenters. The first-order valence-corrected chi connectivity index (χ1v) is 7.00. The van der Waals surface area contributed by atoms with Gasteiger partial charge in [0.25, 0.3) is 5.91 Å². The number of carbonyl (C=O) groups is 1. The molecule has 0 unspecified atom stereocenters. The third-order valence-corrected chi connectivity index (χ3v) is 3.95. The van der Waals surface area contributed by atoms with Gasteiger partial charge in [0.2, 0.25) is 0 Å². The van der Waals surface area contributed by atoms with Crippen LogP contribution >= 0.6 is 12.4 Å². The molecule has 0 spiro atoms. The number of likely N-dealkylation sites (tertiary alicyclic amines) is 1. The van der Waals surface area contributed by atoms with Crippen molar-refractivity contribution in [1.82, 2.24) is 15.4 Å². The molecular weight excluding hydrogens is 278 g/mol. The zero-order valence-corrected chi connectivity index (χ0v) is 13.3. The first-order valence-electron chi connectivity index (χ1n) is 7.00. The van der Waals surface area contributed by atoms with Gasteiger partial charge in [-0.05, 0) is 52.6 Å². The Hall–Kier alpha value is -1.07. The van der Waals surface area contributed by atoms with Crippen LogP contribution < -0.4 is 5.32 Å². The van der Waals surface area contributed by atoms with Crippen LogP contribution in [0.2, 0.25) is 0 Å². The van der Waals surface area contributed by atoms with Crippen molar-refractivity contribution in [3.8, 4) is 0 Å². The molecular formula is C14H24ClN3O2. The van der Waals surface area contributed by atoms with E-state index in [1.807, 2.05) is 18.9 Å². The average Bonchev–Trinajstić information content (AvgIpc) is 2.76. The predicted octanol–water partition coefficient (Wildman–Crippen LogP) is 2.17. The van der Waals surface area contributed by atoms with Crippen LogP contribution in [0, 0.1) is 19.8 Å². The Bertz CT molecular complexity index is 420. The number of piperidine rings is 1. The number of amides is 1. The number of aryl methyl sites for hydroxylation is 2. The molecule has 2 rings (SSSR count). The Morgan fingerprint density at radius 2 is 2.05 bits per heavy atom. The summed E-state index contributed by atoms with van der Waals surface area (Å²) in [6, 6.07) is 0. The normalized spacial score (nSPS) is 16.1. The highest BCUT2D eigenvalue weighted by atomic mass is 35.5. The Kier molecular flexibility index (Phi) is 6.49. The molecule has 114 valence electrons. The van der Waals surface area contributed by atoms with Gasteiger partial charge in [-0.3, -0.25) is 4.79 Å². The Labute approximate surface area is 126 Å². The van der Waals surface area contributed by atoms with E-state index in [0.29, 0.717) is 17.0 Å². The summed E-state index contributed by atoms with van der Waals surface area (Å²) < 4.78 is 5.08. The minimum Gasteiger partial charge on any atom is -0.361 e. The van der Waals surface area contributed by atoms with Crippen LogP contribution in [-0.2, 0) is 0 Å². The SMILES string of the molecule is CNCCC1CCN(C(=O)c2c(C)noc2C)CC1.Cl. The van der Waals surface area contributed by atoms with Crippen LogP contribution in [0.5, 0.6) is 0 Å². The smallest absolute Gasteiger partial charge is 0.259 e. The van der Waals surface area contributed by atoms with Crippen molar-refractivity contribution in [3.05, 3.63) is 17.0 Å². The molecule has 1 aromatic rings. The Morgan fingerprint density at radius 1 is 1.40 bits per heavy atom. The maximum absolute atomic E-state index is 12.4. The average molecular weight is 302 g/mol. The van der Waals surface area contributed by atoms with Crippen molar-refractivity contribution >= 4 is 18.3 Å². The van der Waals surface area contributed by atoms with E-state index in [9.17, 15) is 4.79 Å². The second-order valence-corrected chi connectivity index (χ2v) is 5.33. The summed E-state index contributed by atoms with van der Waals surface area (Å²) in [5.74, 6) is 1.43. The highest BCUT2D eigenvalue weighted by Gasteiger charge is 2.27. The second-order valence-electron chi connectivity index (χ2n) is 5.33. The molecule has 1 amide bonds. The number of rotatable bonds is 4. The van der Waals surface area contributed by atoms with Crippen molar-refractivity contribution in [2.45, 2.75) is 33.1 Å². The summed E-state index contributed by atoms with van der Waals surface area (Å²) in [7, 11) is 1.98. The van der Waals surface area contributed by atoms with E-state index in [4.69, 9.17) is 4.52 Å². The predicted molar refractivity (Wildman–Crippen MR) is 80.4 cm³/mol. The summed E-state index contributed by atoms with van der Waals surface area (Å²) in [6.07, 6.45) is 3.39. The summed E-state index contributed by atoms with van der Waals surface area (Å²) >= 11 is 0. The molecule has 0 radical (unpaired) electrons. The molecule has 1 aliphatic heterocycles. The van der Waals surface area contributed by atoms with Gasteiger partial charge in [-0.2, -0.15) is 0 Å². The van der Waals surface area contributed by atoms with Crippen LogP contribution in [0.4, 0.5) is 0 Å². The molecule has 0 bridgehead atoms. The first-order chi connectivity index (χ1) is 9.13. The number of aromatic nitrogens is 1. The van der Waals surface area contributed by atoms with Crippen molar-refractivity contribution in [2.24, 2.45) is 5.92 Å². The van der Waals surface area contributed by atoms with Crippen LogP contribution in [0.25, 0.3) is 0 Å². The van der Waals surface area contributed by atoms with Crippen LogP contribution in [0.15, 0.2) is 4.52 Å². The summed E-state index contributed by atoms with van der Waals surface area (Å²) in [5.41, 5.74) is 1.34. The molecule has 2 heterocycles. The highest BCUT2D eigenvalue weighted by molar-refractivity contribution is 5.96. The van der Waals surface area contributed by atoms with E-state index >= 15 is 0 Å². The zero-order chi connectivity index (χ0) is 13.8. The monoisotopic (exact) mass is 301 g/mol. The molecule has 20 heavy (non-hydrogen) atoms. The van der Waals surface area contributed by atoms with Crippen molar-refractivity contribution < 1.29 is 9.32 Å². The van der Waals surface area contributed by atoms with E-state index in [2.05, 4.69) is 10.5 Å². The molecule has 0 aromatic carbocycles. The zero-order valence-electron chi connectivity index (χ0n) is 12.4. The fourth-order valence-corrected chi connectivity index (χ4v) is 2.72. The van der Waals surface area contributed by atoms with Gasteiger partial charge in [-0.15, -0.1) is 12.4 Å². The van der Waals surface area contributed by atoms with Crippen molar-refractivity contribution in [1.29, 1.82) is 0 Å². The van der Waals surface area contributed by atoms with Gasteiger partial charge >= 0.3 is 0 Å². The molecule has 6 heteroatoms. The Morgan fingerprint density at radius 3 is 2.55 bits per heavy atom. The highest BCUT2D eigenvalue weighted by Crippen LogP contribution is 2.23. The largest absolute Gasteiger partial charge is 0.361 e. The molecule has 1 N–H and O–H groups in total. The summed E-state index contributed by atoms with van der Waals surface area (Å²) in [5, 5.41) is 7.04. The second kappa shape index (κ2) is 7.64. The van der Waals surface area contributed by atoms with E-state index in [0.717, 1.165) is 38.4 Å². The lowest BCUT2D eigenvalue weighted by molar-refractivity contribution is 0.0684. The number of nitrogens with zero attached hydrogens (tertiary/aromatic N) is 2. The number of hydrogen-bond donors (Lipinski definition) is 1. The molecule has 1 aliphatic rings. The van der Waals surface area contributed by atoms with Crippen LogP contribution in [-0.4, -0.2) is 42.6 Å². The van der Waals surface area contributed by atoms with E-state index in [-0.39, 0.29) is 18.3 Å². The number of halogens is 1. The minimum absolute atomic E-state index is 0. The van der Waals surface area contributed by atoms with Crippen molar-refractivity contribution in [2.75, 3.05) is 26.7 Å². The van der Waals surface area contributed by atoms with Crippen LogP contribution in [0.3, 0.4) is 0 Å². The summed E-state index contributed by atoms with van der Waals surface area (Å²) in [4.78, 5) is 14.4. The third kappa shape index (κ3) is 3.73. The molecule has 0 aliphatic carbocycles. The first kappa shape index (κ1) is 17.0. The van der Waals surface area contributed by atoms with Crippen LogP contribution in [0.1, 0.15) is 41.1 Å². The van der Waals surface area contributed by atoms with E-state index in [1.54, 1.807) is 6.92 Å². The number of hydrogen-bond acceptors (Lipinski definition) is 4. The minimum atomic E-state index is 0. The Balaban J connectivity index is 0.00000200. The molecule has 0 saturated carbocycles. The van der Waals surface area contributed by atoms with Gasteiger partial charge < -0.3 is 14.7 Å². The van der Waals surface area contributed by atoms with Gasteiger partial charge in [0, 0.05) is 13.1 Å².